The molecule has 0 amide bonds. The third kappa shape index (κ3) is 1.56. The summed E-state index contributed by atoms with van der Waals surface area (Å²) in [4.78, 5) is 0. The highest BCUT2D eigenvalue weighted by atomic mass is 79.9. The zero-order valence-corrected chi connectivity index (χ0v) is 8.67. The van der Waals surface area contributed by atoms with Gasteiger partial charge in [-0.2, -0.15) is 0 Å². The molecule has 0 radical (unpaired) electrons. The van der Waals surface area contributed by atoms with Crippen LogP contribution in [0.4, 0.5) is 0 Å². The average Bonchev–Trinajstić information content (AvgIpc) is 2.30. The van der Waals surface area contributed by atoms with Crippen molar-refractivity contribution in [2.75, 3.05) is 0 Å². The fourth-order valence-electron chi connectivity index (χ4n) is 0.902. The summed E-state index contributed by atoms with van der Waals surface area (Å²) in [5.41, 5.74) is 7.59. The van der Waals surface area contributed by atoms with Crippen LogP contribution in [-0.4, -0.2) is 15.0 Å². The number of nitrogens with two attached hydrogens (primary N) is 1. The first-order valence-electron chi connectivity index (χ1n) is 3.50. The third-order valence-corrected chi connectivity index (χ3v) is 2.22. The average molecular weight is 231 g/mol. The molecule has 1 rings (SSSR count). The third-order valence-electron chi connectivity index (χ3n) is 1.65. The van der Waals surface area contributed by atoms with Gasteiger partial charge in [-0.25, -0.2) is 4.68 Å². The number of hydrogen-bond donors (Lipinski definition) is 1. The molecule has 66 valence electrons. The molecule has 2 N–H and O–H groups in total. The van der Waals surface area contributed by atoms with Gasteiger partial charge in [-0.15, -0.1) is 5.10 Å². The molecule has 1 atom stereocenters. The Balaban J connectivity index is 3.08. The van der Waals surface area contributed by atoms with Gasteiger partial charge >= 0.3 is 0 Å². The zero-order valence-electron chi connectivity index (χ0n) is 7.08. The lowest BCUT2D eigenvalue weighted by atomic mass is 10.1. The molecule has 0 aromatic carbocycles. The van der Waals surface area contributed by atoms with Crippen LogP contribution in [0.5, 0.6) is 0 Å². The lowest BCUT2D eigenvalue weighted by Crippen LogP contribution is -2.15. The molecule has 12 heavy (non-hydrogen) atoms. The molecule has 1 aromatic rings. The molecular weight excluding hydrogens is 220 g/mol. The summed E-state index contributed by atoms with van der Waals surface area (Å²) in [5.74, 6) is 0. The van der Waals surface area contributed by atoms with Crippen LogP contribution in [0, 0.1) is 0 Å². The minimum atomic E-state index is -0.209. The molecule has 0 fully saturated rings. The summed E-state index contributed by atoms with van der Waals surface area (Å²) in [6.45, 7) is 5.66. The van der Waals surface area contributed by atoms with Crippen molar-refractivity contribution in [3.05, 3.63) is 22.4 Å². The first-order valence-corrected chi connectivity index (χ1v) is 4.29. The normalized spacial score (nSPS) is 13.0. The van der Waals surface area contributed by atoms with Crippen molar-refractivity contribution in [2.24, 2.45) is 12.8 Å². The van der Waals surface area contributed by atoms with Crippen molar-refractivity contribution in [2.45, 2.75) is 13.0 Å². The number of rotatable bonds is 2. The fourth-order valence-corrected chi connectivity index (χ4v) is 1.48. The Kier molecular flexibility index (Phi) is 2.64. The van der Waals surface area contributed by atoms with E-state index in [0.29, 0.717) is 4.60 Å². The van der Waals surface area contributed by atoms with Gasteiger partial charge in [0.1, 0.15) is 0 Å². The van der Waals surface area contributed by atoms with E-state index in [-0.39, 0.29) is 6.04 Å². The van der Waals surface area contributed by atoms with Crippen molar-refractivity contribution < 1.29 is 0 Å². The van der Waals surface area contributed by atoms with E-state index >= 15 is 0 Å². The predicted octanol–water partition coefficient (Wildman–Crippen LogP) is 1.15. The van der Waals surface area contributed by atoms with Crippen LogP contribution in [0.15, 0.2) is 16.8 Å². The lowest BCUT2D eigenvalue weighted by Gasteiger charge is -2.10. The molecule has 0 saturated carbocycles. The first-order chi connectivity index (χ1) is 5.54. The second-order valence-corrected chi connectivity index (χ2v) is 3.46. The van der Waals surface area contributed by atoms with Gasteiger partial charge in [0.2, 0.25) is 0 Å². The molecule has 0 aliphatic carbocycles. The van der Waals surface area contributed by atoms with Crippen molar-refractivity contribution in [1.29, 1.82) is 0 Å². The quantitative estimate of drug-likeness (QED) is 0.777. The fraction of sp³-hybridized carbons (Fsp3) is 0.429. The monoisotopic (exact) mass is 230 g/mol. The zero-order chi connectivity index (χ0) is 9.30. The summed E-state index contributed by atoms with van der Waals surface area (Å²) >= 11 is 3.27. The molecular formula is C7H11BrN4. The Morgan fingerprint density at radius 2 is 2.33 bits per heavy atom. The van der Waals surface area contributed by atoms with E-state index in [0.717, 1.165) is 11.3 Å². The molecule has 0 saturated heterocycles. The van der Waals surface area contributed by atoms with E-state index in [9.17, 15) is 0 Å². The second kappa shape index (κ2) is 3.37. The van der Waals surface area contributed by atoms with Crippen molar-refractivity contribution in [3.8, 4) is 0 Å². The highest BCUT2D eigenvalue weighted by Gasteiger charge is 2.16. The Morgan fingerprint density at radius 3 is 2.67 bits per heavy atom. The molecule has 5 heteroatoms. The van der Waals surface area contributed by atoms with Gasteiger partial charge in [0.05, 0.1) is 11.7 Å². The molecule has 1 aromatic heterocycles. The largest absolute Gasteiger partial charge is 0.319 e. The standard InChI is InChI=1S/C7H11BrN4/c1-4(2)5(9)6-7(8)10-11-12(6)3/h5H,1,9H2,2-3H3. The van der Waals surface area contributed by atoms with E-state index in [2.05, 4.69) is 32.8 Å². The maximum atomic E-state index is 5.85. The molecule has 4 nitrogen and oxygen atoms in total. The van der Waals surface area contributed by atoms with Crippen LogP contribution in [0.25, 0.3) is 0 Å². The van der Waals surface area contributed by atoms with Crippen LogP contribution in [0.1, 0.15) is 18.7 Å². The summed E-state index contributed by atoms with van der Waals surface area (Å²) in [5, 5.41) is 7.65. The van der Waals surface area contributed by atoms with Crippen LogP contribution in [0.2, 0.25) is 0 Å². The second-order valence-electron chi connectivity index (χ2n) is 2.71. The Labute approximate surface area is 79.6 Å². The topological polar surface area (TPSA) is 56.7 Å². The summed E-state index contributed by atoms with van der Waals surface area (Å²) in [7, 11) is 1.80. The van der Waals surface area contributed by atoms with Gasteiger partial charge in [-0.1, -0.05) is 17.4 Å². The van der Waals surface area contributed by atoms with Crippen LogP contribution < -0.4 is 5.73 Å². The van der Waals surface area contributed by atoms with E-state index in [1.807, 2.05) is 6.92 Å². The number of hydrogen-bond acceptors (Lipinski definition) is 3. The number of nitrogens with zero attached hydrogens (tertiary/aromatic N) is 3. The Hall–Kier alpha value is -0.680. The number of halogens is 1. The Morgan fingerprint density at radius 1 is 1.75 bits per heavy atom. The van der Waals surface area contributed by atoms with Gasteiger partial charge < -0.3 is 5.73 Å². The molecule has 0 aliphatic heterocycles. The highest BCUT2D eigenvalue weighted by molar-refractivity contribution is 9.10. The molecule has 0 spiro atoms. The minimum absolute atomic E-state index is 0.209. The van der Waals surface area contributed by atoms with E-state index in [4.69, 9.17) is 5.73 Å². The van der Waals surface area contributed by atoms with Gasteiger partial charge in [0.25, 0.3) is 0 Å². The van der Waals surface area contributed by atoms with Crippen molar-refractivity contribution in [3.63, 3.8) is 0 Å². The summed E-state index contributed by atoms with van der Waals surface area (Å²) in [6.07, 6.45) is 0. The van der Waals surface area contributed by atoms with Gasteiger partial charge in [0.15, 0.2) is 4.60 Å². The van der Waals surface area contributed by atoms with Crippen molar-refractivity contribution in [1.82, 2.24) is 15.0 Å². The highest BCUT2D eigenvalue weighted by Crippen LogP contribution is 2.22. The first kappa shape index (κ1) is 9.41. The minimum Gasteiger partial charge on any atom is -0.319 e. The van der Waals surface area contributed by atoms with Gasteiger partial charge in [-0.05, 0) is 22.9 Å². The van der Waals surface area contributed by atoms with Crippen LogP contribution >= 0.6 is 15.9 Å². The maximum Gasteiger partial charge on any atom is 0.153 e. The van der Waals surface area contributed by atoms with E-state index in [1.54, 1.807) is 11.7 Å². The molecule has 1 unspecified atom stereocenters. The smallest absolute Gasteiger partial charge is 0.153 e. The Bertz CT molecular complexity index is 285. The lowest BCUT2D eigenvalue weighted by molar-refractivity contribution is 0.647. The van der Waals surface area contributed by atoms with Gasteiger partial charge in [0, 0.05) is 7.05 Å². The predicted molar refractivity (Wildman–Crippen MR) is 50.4 cm³/mol. The van der Waals surface area contributed by atoms with Crippen molar-refractivity contribution >= 4 is 15.9 Å². The summed E-state index contributed by atoms with van der Waals surface area (Å²) < 4.78 is 2.32. The van der Waals surface area contributed by atoms with Crippen LogP contribution in [-0.2, 0) is 7.05 Å². The number of aryl methyl sites for hydroxylation is 1. The maximum absolute atomic E-state index is 5.85. The SMILES string of the molecule is C=C(C)C(N)c1c(Br)nnn1C. The molecule has 0 bridgehead atoms. The van der Waals surface area contributed by atoms with Crippen LogP contribution in [0.3, 0.4) is 0 Å². The van der Waals surface area contributed by atoms with Gasteiger partial charge in [-0.3, -0.25) is 0 Å². The van der Waals surface area contributed by atoms with E-state index < -0.39 is 0 Å². The summed E-state index contributed by atoms with van der Waals surface area (Å²) in [6, 6.07) is -0.209. The molecule has 1 heterocycles. The number of aromatic nitrogens is 3. The van der Waals surface area contributed by atoms with E-state index in [1.165, 1.54) is 0 Å². The molecule has 0 aliphatic rings.